The second-order valence-corrected chi connectivity index (χ2v) is 5.22. The van der Waals surface area contributed by atoms with Gasteiger partial charge in [0.2, 0.25) is 0 Å². The smallest absolute Gasteiger partial charge is 0.311 e. The fourth-order valence-corrected chi connectivity index (χ4v) is 2.30. The minimum absolute atomic E-state index is 0.0844. The zero-order valence-electron chi connectivity index (χ0n) is 11.3. The Kier molecular flexibility index (Phi) is 3.50. The summed E-state index contributed by atoms with van der Waals surface area (Å²) >= 11 is 0. The molecule has 1 fully saturated rings. The van der Waals surface area contributed by atoms with Crippen molar-refractivity contribution in [3.05, 3.63) is 27.9 Å². The molecule has 2 heterocycles. The van der Waals surface area contributed by atoms with Crippen molar-refractivity contribution < 1.29 is 19.6 Å². The predicted molar refractivity (Wildman–Crippen MR) is 72.0 cm³/mol. The lowest BCUT2D eigenvalue weighted by atomic mass is 9.90. The van der Waals surface area contributed by atoms with E-state index in [1.165, 1.54) is 0 Å². The van der Waals surface area contributed by atoms with Crippen molar-refractivity contribution in [2.75, 3.05) is 18.0 Å². The zero-order chi connectivity index (χ0) is 15.8. The van der Waals surface area contributed by atoms with Crippen LogP contribution in [0.4, 0.5) is 11.5 Å². The minimum atomic E-state index is -0.946. The number of carbonyl (C=O) groups excluding carboxylic acids is 1. The minimum Gasteiger partial charge on any atom is -0.481 e. The van der Waals surface area contributed by atoms with Crippen LogP contribution in [0, 0.1) is 15.5 Å². The van der Waals surface area contributed by atoms with Gasteiger partial charge in [-0.25, -0.2) is 4.98 Å². The molecular formula is C12H14N4O5. The third-order valence-electron chi connectivity index (χ3n) is 3.62. The maximum absolute atomic E-state index is 11.5. The van der Waals surface area contributed by atoms with E-state index in [2.05, 4.69) is 4.98 Å². The van der Waals surface area contributed by atoms with E-state index in [0.717, 1.165) is 12.3 Å². The molecule has 1 aliphatic heterocycles. The van der Waals surface area contributed by atoms with Gasteiger partial charge in [0.05, 0.1) is 15.9 Å². The van der Waals surface area contributed by atoms with Crippen LogP contribution in [0.3, 0.4) is 0 Å². The van der Waals surface area contributed by atoms with Crippen LogP contribution in [0.25, 0.3) is 0 Å². The lowest BCUT2D eigenvalue weighted by Crippen LogP contribution is -2.33. The SMILES string of the molecule is CC1(C(=O)O)CCN(c2ncc([N+](=O)[O-])cc2C(N)=O)C1. The molecule has 2 rings (SSSR count). The Hall–Kier alpha value is -2.71. The van der Waals surface area contributed by atoms with E-state index >= 15 is 0 Å². The Morgan fingerprint density at radius 2 is 2.24 bits per heavy atom. The van der Waals surface area contributed by atoms with Gasteiger partial charge in [0.1, 0.15) is 12.0 Å². The zero-order valence-corrected chi connectivity index (χ0v) is 11.3. The number of nitrogens with two attached hydrogens (primary N) is 1. The average Bonchev–Trinajstić information content (AvgIpc) is 2.82. The molecule has 1 amide bonds. The maximum Gasteiger partial charge on any atom is 0.311 e. The van der Waals surface area contributed by atoms with Crippen LogP contribution < -0.4 is 10.6 Å². The molecule has 112 valence electrons. The van der Waals surface area contributed by atoms with Gasteiger partial charge in [-0.15, -0.1) is 0 Å². The molecule has 3 N–H and O–H groups in total. The Morgan fingerprint density at radius 3 is 2.71 bits per heavy atom. The molecule has 0 aliphatic carbocycles. The Morgan fingerprint density at radius 1 is 1.57 bits per heavy atom. The highest BCUT2D eigenvalue weighted by atomic mass is 16.6. The number of carboxylic acid groups (broad SMARTS) is 1. The summed E-state index contributed by atoms with van der Waals surface area (Å²) in [4.78, 5) is 38.3. The van der Waals surface area contributed by atoms with E-state index in [1.54, 1.807) is 11.8 Å². The van der Waals surface area contributed by atoms with E-state index in [0.29, 0.717) is 13.0 Å². The van der Waals surface area contributed by atoms with Crippen molar-refractivity contribution in [2.45, 2.75) is 13.3 Å². The van der Waals surface area contributed by atoms with Gasteiger partial charge in [-0.2, -0.15) is 0 Å². The highest BCUT2D eigenvalue weighted by Gasteiger charge is 2.41. The number of hydrogen-bond acceptors (Lipinski definition) is 6. The Balaban J connectivity index is 2.39. The summed E-state index contributed by atoms with van der Waals surface area (Å²) in [6, 6.07) is 1.06. The molecule has 21 heavy (non-hydrogen) atoms. The molecule has 1 atom stereocenters. The summed E-state index contributed by atoms with van der Waals surface area (Å²) in [6.45, 7) is 2.14. The van der Waals surface area contributed by atoms with Gasteiger partial charge in [-0.05, 0) is 13.3 Å². The molecule has 0 saturated carbocycles. The topological polar surface area (TPSA) is 140 Å². The van der Waals surface area contributed by atoms with Crippen LogP contribution in [0.1, 0.15) is 23.7 Å². The van der Waals surface area contributed by atoms with Gasteiger partial charge in [0, 0.05) is 19.2 Å². The van der Waals surface area contributed by atoms with Crippen LogP contribution >= 0.6 is 0 Å². The first kappa shape index (κ1) is 14.7. The average molecular weight is 294 g/mol. The summed E-state index contributed by atoms with van der Waals surface area (Å²) < 4.78 is 0. The summed E-state index contributed by atoms with van der Waals surface area (Å²) in [5.41, 5.74) is 3.86. The van der Waals surface area contributed by atoms with E-state index < -0.39 is 22.2 Å². The number of aliphatic carboxylic acids is 1. The first-order valence-electron chi connectivity index (χ1n) is 6.17. The summed E-state index contributed by atoms with van der Waals surface area (Å²) in [5, 5.41) is 19.9. The van der Waals surface area contributed by atoms with Crippen molar-refractivity contribution in [2.24, 2.45) is 11.1 Å². The molecule has 1 saturated heterocycles. The van der Waals surface area contributed by atoms with Crippen molar-refractivity contribution in [3.63, 3.8) is 0 Å². The highest BCUT2D eigenvalue weighted by molar-refractivity contribution is 5.98. The molecule has 9 nitrogen and oxygen atoms in total. The quantitative estimate of drug-likeness (QED) is 0.604. The number of hydrogen-bond donors (Lipinski definition) is 2. The van der Waals surface area contributed by atoms with Crippen LogP contribution in [0.5, 0.6) is 0 Å². The molecule has 1 aromatic heterocycles. The summed E-state index contributed by atoms with van der Waals surface area (Å²) in [5.74, 6) is -1.60. The number of aromatic nitrogens is 1. The number of carbonyl (C=O) groups is 2. The maximum atomic E-state index is 11.5. The van der Waals surface area contributed by atoms with Crippen molar-refractivity contribution in [1.29, 1.82) is 0 Å². The monoisotopic (exact) mass is 294 g/mol. The number of pyridine rings is 1. The fraction of sp³-hybridized carbons (Fsp3) is 0.417. The number of primary amides is 1. The van der Waals surface area contributed by atoms with Crippen molar-refractivity contribution in [3.8, 4) is 0 Å². The first-order chi connectivity index (χ1) is 9.74. The molecule has 0 bridgehead atoms. The van der Waals surface area contributed by atoms with Crippen LogP contribution in [-0.2, 0) is 4.79 Å². The van der Waals surface area contributed by atoms with Crippen LogP contribution in [0.2, 0.25) is 0 Å². The number of rotatable bonds is 4. The van der Waals surface area contributed by atoms with Gasteiger partial charge in [0.15, 0.2) is 0 Å². The number of carboxylic acids is 1. The van der Waals surface area contributed by atoms with E-state index in [4.69, 9.17) is 5.73 Å². The Labute approximate surface area is 119 Å². The van der Waals surface area contributed by atoms with Gasteiger partial charge in [0.25, 0.3) is 11.6 Å². The first-order valence-corrected chi connectivity index (χ1v) is 6.17. The normalized spacial score (nSPS) is 21.3. The van der Waals surface area contributed by atoms with Gasteiger partial charge in [-0.3, -0.25) is 19.7 Å². The lowest BCUT2D eigenvalue weighted by Gasteiger charge is -2.22. The molecule has 1 aromatic rings. The third-order valence-corrected chi connectivity index (χ3v) is 3.62. The molecule has 0 spiro atoms. The van der Waals surface area contributed by atoms with E-state index in [-0.39, 0.29) is 23.6 Å². The largest absolute Gasteiger partial charge is 0.481 e. The molecule has 1 aliphatic rings. The molecule has 1 unspecified atom stereocenters. The van der Waals surface area contributed by atoms with Gasteiger partial charge in [-0.1, -0.05) is 0 Å². The van der Waals surface area contributed by atoms with Crippen molar-refractivity contribution in [1.82, 2.24) is 4.98 Å². The second-order valence-electron chi connectivity index (χ2n) is 5.22. The molecule has 0 aromatic carbocycles. The number of nitrogens with zero attached hydrogens (tertiary/aromatic N) is 3. The highest BCUT2D eigenvalue weighted by Crippen LogP contribution is 2.34. The third kappa shape index (κ3) is 2.62. The standard InChI is InChI=1S/C12H14N4O5/c1-12(11(18)19)2-3-15(6-12)10-8(9(13)17)4-7(5-14-10)16(20)21/h4-5H,2-3,6H2,1H3,(H2,13,17)(H,18,19). The summed E-state index contributed by atoms with van der Waals surface area (Å²) in [7, 11) is 0. The van der Waals surface area contributed by atoms with Crippen LogP contribution in [-0.4, -0.2) is 40.0 Å². The van der Waals surface area contributed by atoms with E-state index in [1.807, 2.05) is 0 Å². The number of nitro groups is 1. The van der Waals surface area contributed by atoms with E-state index in [9.17, 15) is 24.8 Å². The van der Waals surface area contributed by atoms with Gasteiger partial charge < -0.3 is 15.7 Å². The predicted octanol–water partition coefficient (Wildman–Crippen LogP) is 0.390. The lowest BCUT2D eigenvalue weighted by molar-refractivity contribution is -0.385. The second kappa shape index (κ2) is 5.00. The molecular weight excluding hydrogens is 280 g/mol. The fourth-order valence-electron chi connectivity index (χ4n) is 2.30. The number of amides is 1. The Bertz CT molecular complexity index is 632. The van der Waals surface area contributed by atoms with Crippen molar-refractivity contribution >= 4 is 23.4 Å². The molecule has 0 radical (unpaired) electrons. The van der Waals surface area contributed by atoms with Crippen LogP contribution in [0.15, 0.2) is 12.3 Å². The molecule has 9 heteroatoms. The number of anilines is 1. The summed E-state index contributed by atoms with van der Waals surface area (Å²) in [6.07, 6.45) is 1.41. The van der Waals surface area contributed by atoms with Gasteiger partial charge >= 0.3 is 5.97 Å².